The number of non-ortho nitro benzene ring substituents is 2. The van der Waals surface area contributed by atoms with Crippen molar-refractivity contribution >= 4 is 55.6 Å². The molecule has 1 heterocycles. The van der Waals surface area contributed by atoms with Crippen LogP contribution in [0.25, 0.3) is 10.2 Å². The van der Waals surface area contributed by atoms with Gasteiger partial charge in [0.25, 0.3) is 23.2 Å². The van der Waals surface area contributed by atoms with E-state index in [2.05, 4.69) is 15.6 Å². The summed E-state index contributed by atoms with van der Waals surface area (Å²) in [6.45, 7) is 0. The van der Waals surface area contributed by atoms with Crippen LogP contribution in [-0.2, 0) is 0 Å². The van der Waals surface area contributed by atoms with Gasteiger partial charge in [-0.25, -0.2) is 4.98 Å². The van der Waals surface area contributed by atoms with Crippen LogP contribution < -0.4 is 10.6 Å². The largest absolute Gasteiger partial charge is 0.322 e. The van der Waals surface area contributed by atoms with E-state index in [1.54, 1.807) is 18.2 Å². The fraction of sp³-hybridized carbons (Fsp3) is 0. The molecule has 3 aromatic carbocycles. The number of benzene rings is 3. The second-order valence-electron chi connectivity index (χ2n) is 6.72. The molecule has 2 amide bonds. The second kappa shape index (κ2) is 8.80. The number of nitrogens with zero attached hydrogens (tertiary/aromatic N) is 3. The van der Waals surface area contributed by atoms with Crippen molar-refractivity contribution in [3.8, 4) is 0 Å². The number of amides is 2. The molecule has 0 spiro atoms. The Balaban J connectivity index is 1.46. The summed E-state index contributed by atoms with van der Waals surface area (Å²) in [5, 5.41) is 27.2. The molecule has 12 heteroatoms. The molecule has 0 atom stereocenters. The first-order chi connectivity index (χ1) is 15.8. The first-order valence-corrected chi connectivity index (χ1v) is 10.1. The van der Waals surface area contributed by atoms with Gasteiger partial charge in [0.05, 0.1) is 20.1 Å². The summed E-state index contributed by atoms with van der Waals surface area (Å²) in [6.07, 6.45) is 0. The molecule has 0 saturated heterocycles. The molecule has 0 unspecified atom stereocenters. The van der Waals surface area contributed by atoms with Crippen LogP contribution >= 0.6 is 11.3 Å². The average molecular weight is 463 g/mol. The average Bonchev–Trinajstić information content (AvgIpc) is 3.20. The Kier molecular flexibility index (Phi) is 5.74. The Morgan fingerprint density at radius 3 is 1.79 bits per heavy atom. The van der Waals surface area contributed by atoms with E-state index in [9.17, 15) is 29.8 Å². The number of nitrogens with one attached hydrogen (secondary N) is 2. The van der Waals surface area contributed by atoms with Gasteiger partial charge in [0.15, 0.2) is 5.13 Å². The van der Waals surface area contributed by atoms with Gasteiger partial charge in [0, 0.05) is 41.1 Å². The molecule has 0 radical (unpaired) electrons. The van der Waals surface area contributed by atoms with Gasteiger partial charge in [0.1, 0.15) is 0 Å². The summed E-state index contributed by atoms with van der Waals surface area (Å²) >= 11 is 1.19. The van der Waals surface area contributed by atoms with Crippen LogP contribution in [-0.4, -0.2) is 26.6 Å². The zero-order valence-electron chi connectivity index (χ0n) is 16.6. The quantitative estimate of drug-likeness (QED) is 0.312. The SMILES string of the molecule is O=C(Nc1ccc2nc(NC(=O)c3ccc([N+](=O)[O-])cc3)sc2c1)c1ccc([N+](=O)[O-])cc1. The van der Waals surface area contributed by atoms with Crippen LogP contribution in [0.5, 0.6) is 0 Å². The van der Waals surface area contributed by atoms with E-state index < -0.39 is 21.7 Å². The van der Waals surface area contributed by atoms with Crippen LogP contribution in [0.15, 0.2) is 66.7 Å². The smallest absolute Gasteiger partial charge is 0.269 e. The van der Waals surface area contributed by atoms with Gasteiger partial charge in [-0.15, -0.1) is 0 Å². The number of carbonyl (C=O) groups is 2. The molecule has 0 saturated carbocycles. The summed E-state index contributed by atoms with van der Waals surface area (Å²) in [5.74, 6) is -0.892. The van der Waals surface area contributed by atoms with E-state index in [0.29, 0.717) is 21.0 Å². The Labute approximate surface area is 189 Å². The molecule has 4 rings (SSSR count). The van der Waals surface area contributed by atoms with Gasteiger partial charge in [-0.3, -0.25) is 35.1 Å². The first kappa shape index (κ1) is 21.5. The van der Waals surface area contributed by atoms with Crippen molar-refractivity contribution in [2.75, 3.05) is 10.6 Å². The predicted molar refractivity (Wildman–Crippen MR) is 122 cm³/mol. The number of hydrogen-bond donors (Lipinski definition) is 2. The standard InChI is InChI=1S/C21H13N5O6S/c27-19(12-1-6-15(7-2-12)25(29)30)22-14-5-10-17-18(11-14)33-21(23-17)24-20(28)13-3-8-16(9-4-13)26(31)32/h1-11H,(H,22,27)(H,23,24,28). The van der Waals surface area contributed by atoms with Gasteiger partial charge in [-0.05, 0) is 42.5 Å². The number of nitro groups is 2. The number of nitro benzene ring substituents is 2. The third-order valence-electron chi connectivity index (χ3n) is 4.55. The summed E-state index contributed by atoms with van der Waals surface area (Å²) in [6, 6.07) is 15.4. The van der Waals surface area contributed by atoms with Gasteiger partial charge >= 0.3 is 0 Å². The number of rotatable bonds is 6. The zero-order chi connectivity index (χ0) is 23.5. The minimum absolute atomic E-state index is 0.110. The molecule has 0 fully saturated rings. The lowest BCUT2D eigenvalue weighted by molar-refractivity contribution is -0.385. The highest BCUT2D eigenvalue weighted by molar-refractivity contribution is 7.22. The van der Waals surface area contributed by atoms with Crippen molar-refractivity contribution in [3.05, 3.63) is 98.1 Å². The van der Waals surface area contributed by atoms with Gasteiger partial charge in [-0.2, -0.15) is 0 Å². The highest BCUT2D eigenvalue weighted by Gasteiger charge is 2.14. The maximum Gasteiger partial charge on any atom is 0.269 e. The minimum Gasteiger partial charge on any atom is -0.322 e. The Bertz CT molecular complexity index is 1330. The molecular weight excluding hydrogens is 450 g/mol. The Morgan fingerprint density at radius 2 is 1.27 bits per heavy atom. The summed E-state index contributed by atoms with van der Waals surface area (Å²) in [4.78, 5) is 49.5. The molecule has 1 aromatic heterocycles. The van der Waals surface area contributed by atoms with Crippen molar-refractivity contribution in [1.82, 2.24) is 4.98 Å². The number of anilines is 2. The summed E-state index contributed by atoms with van der Waals surface area (Å²) < 4.78 is 0.704. The van der Waals surface area contributed by atoms with Crippen molar-refractivity contribution in [3.63, 3.8) is 0 Å². The molecule has 0 bridgehead atoms. The lowest BCUT2D eigenvalue weighted by Crippen LogP contribution is -2.11. The molecule has 4 aromatic rings. The van der Waals surface area contributed by atoms with E-state index in [0.717, 1.165) is 0 Å². The van der Waals surface area contributed by atoms with E-state index in [4.69, 9.17) is 0 Å². The van der Waals surface area contributed by atoms with Crippen LogP contribution in [0.1, 0.15) is 20.7 Å². The van der Waals surface area contributed by atoms with Crippen molar-refractivity contribution in [1.29, 1.82) is 0 Å². The van der Waals surface area contributed by atoms with E-state index in [1.165, 1.54) is 59.9 Å². The van der Waals surface area contributed by atoms with Crippen molar-refractivity contribution in [2.24, 2.45) is 0 Å². The predicted octanol–water partition coefficient (Wildman–Crippen LogP) is 4.62. The van der Waals surface area contributed by atoms with Gasteiger partial charge < -0.3 is 5.32 Å². The van der Waals surface area contributed by atoms with Crippen molar-refractivity contribution < 1.29 is 19.4 Å². The van der Waals surface area contributed by atoms with E-state index in [-0.39, 0.29) is 22.5 Å². The molecule has 33 heavy (non-hydrogen) atoms. The Morgan fingerprint density at radius 1 is 0.758 bits per heavy atom. The molecular formula is C21H13N5O6S. The van der Waals surface area contributed by atoms with E-state index >= 15 is 0 Å². The lowest BCUT2D eigenvalue weighted by atomic mass is 10.2. The maximum atomic E-state index is 12.4. The number of hydrogen-bond acceptors (Lipinski definition) is 8. The molecule has 11 nitrogen and oxygen atoms in total. The fourth-order valence-electron chi connectivity index (χ4n) is 2.90. The second-order valence-corrected chi connectivity index (χ2v) is 7.75. The zero-order valence-corrected chi connectivity index (χ0v) is 17.4. The molecule has 164 valence electrons. The fourth-order valence-corrected chi connectivity index (χ4v) is 3.80. The third-order valence-corrected chi connectivity index (χ3v) is 5.48. The highest BCUT2D eigenvalue weighted by atomic mass is 32.1. The monoisotopic (exact) mass is 463 g/mol. The minimum atomic E-state index is -0.548. The normalized spacial score (nSPS) is 10.5. The Hall–Kier alpha value is -4.71. The summed E-state index contributed by atoms with van der Waals surface area (Å²) in [5.41, 5.74) is 1.38. The lowest BCUT2D eigenvalue weighted by Gasteiger charge is -2.05. The number of carbonyl (C=O) groups excluding carboxylic acids is 2. The third kappa shape index (κ3) is 4.80. The van der Waals surface area contributed by atoms with Crippen LogP contribution in [0, 0.1) is 20.2 Å². The van der Waals surface area contributed by atoms with Crippen LogP contribution in [0.3, 0.4) is 0 Å². The first-order valence-electron chi connectivity index (χ1n) is 9.32. The summed E-state index contributed by atoms with van der Waals surface area (Å²) in [7, 11) is 0. The number of thiazole rings is 1. The van der Waals surface area contributed by atoms with Crippen LogP contribution in [0.4, 0.5) is 22.2 Å². The number of fused-ring (bicyclic) bond motifs is 1. The topological polar surface area (TPSA) is 157 Å². The maximum absolute atomic E-state index is 12.4. The van der Waals surface area contributed by atoms with Gasteiger partial charge in [0.2, 0.25) is 0 Å². The van der Waals surface area contributed by atoms with Crippen molar-refractivity contribution in [2.45, 2.75) is 0 Å². The van der Waals surface area contributed by atoms with Crippen LogP contribution in [0.2, 0.25) is 0 Å². The molecule has 0 aliphatic heterocycles. The molecule has 2 N–H and O–H groups in total. The van der Waals surface area contributed by atoms with E-state index in [1.807, 2.05) is 0 Å². The highest BCUT2D eigenvalue weighted by Crippen LogP contribution is 2.29. The van der Waals surface area contributed by atoms with Gasteiger partial charge in [-0.1, -0.05) is 11.3 Å². The molecule has 0 aliphatic carbocycles. The number of aromatic nitrogens is 1. The molecule has 0 aliphatic rings.